The van der Waals surface area contributed by atoms with Gasteiger partial charge in [-0.1, -0.05) is 18.2 Å². The first-order valence-electron chi connectivity index (χ1n) is 9.89. The highest BCUT2D eigenvalue weighted by atomic mass is 16.7. The number of benzene rings is 1. The lowest BCUT2D eigenvalue weighted by atomic mass is 9.77. The number of fused-ring (bicyclic) bond motifs is 2. The third-order valence-corrected chi connectivity index (χ3v) is 6.26. The van der Waals surface area contributed by atoms with Crippen molar-refractivity contribution in [3.63, 3.8) is 0 Å². The third kappa shape index (κ3) is 2.46. The van der Waals surface area contributed by atoms with Gasteiger partial charge in [0.1, 0.15) is 5.60 Å². The molecule has 0 aliphatic carbocycles. The second-order valence-electron chi connectivity index (χ2n) is 7.94. The van der Waals surface area contributed by atoms with Crippen molar-refractivity contribution in [2.75, 3.05) is 18.2 Å². The number of carbonyl (C=O) groups excluding carboxylic acids is 2. The number of aromatic nitrogens is 1. The monoisotopic (exact) mass is 405 g/mol. The highest BCUT2D eigenvalue weighted by molar-refractivity contribution is 6.03. The van der Waals surface area contributed by atoms with Crippen LogP contribution in [0.2, 0.25) is 0 Å². The van der Waals surface area contributed by atoms with E-state index in [1.165, 1.54) is 0 Å². The molecule has 6 rings (SSSR count). The molecule has 4 aliphatic heterocycles. The van der Waals surface area contributed by atoms with Gasteiger partial charge < -0.3 is 24.4 Å². The number of anilines is 1. The second kappa shape index (κ2) is 6.30. The average Bonchev–Trinajstić information content (AvgIpc) is 3.53. The Kier molecular flexibility index (Phi) is 3.67. The predicted molar refractivity (Wildman–Crippen MR) is 105 cm³/mol. The number of nitrogens with zero attached hydrogens (tertiary/aromatic N) is 2. The Morgan fingerprint density at radius 1 is 1.27 bits per heavy atom. The summed E-state index contributed by atoms with van der Waals surface area (Å²) in [4.78, 5) is 32.2. The minimum atomic E-state index is -0.769. The molecule has 4 atom stereocenters. The summed E-state index contributed by atoms with van der Waals surface area (Å²) >= 11 is 0. The average molecular weight is 405 g/mol. The molecule has 2 aromatic rings. The molecule has 5 heterocycles. The molecule has 4 aliphatic rings. The van der Waals surface area contributed by atoms with Gasteiger partial charge in [-0.25, -0.2) is 0 Å². The lowest BCUT2D eigenvalue weighted by Crippen LogP contribution is -2.44. The normalized spacial score (nSPS) is 30.1. The number of pyridine rings is 1. The molecule has 30 heavy (non-hydrogen) atoms. The largest absolute Gasteiger partial charge is 0.454 e. The molecule has 1 aromatic heterocycles. The standard InChI is InChI=1S/C22H19N3O5/c26-20(24-10-13-2-1-7-23-9-13)18-16-5-6-22(30-16)11-25(21(27)19(18)22)14-3-4-15-17(8-14)29-12-28-15/h1-9,16,18-19H,10-12H2,(H,24,26)/t16-,18-,19+,22+/m1/s1. The lowest BCUT2D eigenvalue weighted by Gasteiger charge is -2.23. The molecular formula is C22H19N3O5. The molecule has 2 bridgehead atoms. The van der Waals surface area contributed by atoms with Crippen LogP contribution in [-0.4, -0.2) is 41.8 Å². The smallest absolute Gasteiger partial charge is 0.234 e. The van der Waals surface area contributed by atoms with Crippen molar-refractivity contribution in [1.82, 2.24) is 10.3 Å². The molecular weight excluding hydrogens is 386 g/mol. The van der Waals surface area contributed by atoms with Crippen LogP contribution in [0.5, 0.6) is 11.5 Å². The Hall–Kier alpha value is -3.39. The highest BCUT2D eigenvalue weighted by Gasteiger charge is 2.67. The summed E-state index contributed by atoms with van der Waals surface area (Å²) in [5.74, 6) is -0.122. The molecule has 2 fully saturated rings. The fourth-order valence-corrected chi connectivity index (χ4v) is 4.88. The van der Waals surface area contributed by atoms with Crippen molar-refractivity contribution < 1.29 is 23.8 Å². The number of amides is 2. The molecule has 2 amide bonds. The first-order chi connectivity index (χ1) is 14.6. The molecule has 1 N–H and O–H groups in total. The van der Waals surface area contributed by atoms with Gasteiger partial charge in [-0.2, -0.15) is 0 Å². The van der Waals surface area contributed by atoms with Gasteiger partial charge in [-0.3, -0.25) is 14.6 Å². The van der Waals surface area contributed by atoms with Gasteiger partial charge in [-0.05, 0) is 23.8 Å². The van der Waals surface area contributed by atoms with Crippen molar-refractivity contribution >= 4 is 17.5 Å². The number of rotatable bonds is 4. The zero-order chi connectivity index (χ0) is 20.3. The number of hydrogen-bond acceptors (Lipinski definition) is 6. The summed E-state index contributed by atoms with van der Waals surface area (Å²) < 4.78 is 17.0. The molecule has 1 spiro atoms. The topological polar surface area (TPSA) is 90.0 Å². The van der Waals surface area contributed by atoms with Crippen molar-refractivity contribution in [3.05, 3.63) is 60.4 Å². The molecule has 0 radical (unpaired) electrons. The Morgan fingerprint density at radius 2 is 2.17 bits per heavy atom. The predicted octanol–water partition coefficient (Wildman–Crippen LogP) is 1.41. The molecule has 8 nitrogen and oxygen atoms in total. The van der Waals surface area contributed by atoms with Gasteiger partial charge in [0.15, 0.2) is 11.5 Å². The van der Waals surface area contributed by atoms with Crippen LogP contribution in [0, 0.1) is 11.8 Å². The quantitative estimate of drug-likeness (QED) is 0.774. The maximum absolute atomic E-state index is 13.4. The summed E-state index contributed by atoms with van der Waals surface area (Å²) in [5, 5.41) is 2.94. The molecule has 152 valence electrons. The van der Waals surface area contributed by atoms with Crippen molar-refractivity contribution in [1.29, 1.82) is 0 Å². The Morgan fingerprint density at radius 3 is 3.03 bits per heavy atom. The molecule has 0 unspecified atom stereocenters. The van der Waals surface area contributed by atoms with Crippen LogP contribution >= 0.6 is 0 Å². The van der Waals surface area contributed by atoms with Gasteiger partial charge >= 0.3 is 0 Å². The van der Waals surface area contributed by atoms with Gasteiger partial charge in [-0.15, -0.1) is 0 Å². The van der Waals surface area contributed by atoms with E-state index in [0.717, 1.165) is 5.56 Å². The van der Waals surface area contributed by atoms with E-state index in [0.29, 0.717) is 30.3 Å². The van der Waals surface area contributed by atoms with E-state index in [1.54, 1.807) is 29.4 Å². The fraction of sp³-hybridized carbons (Fsp3) is 0.318. The highest BCUT2D eigenvalue weighted by Crippen LogP contribution is 2.53. The van der Waals surface area contributed by atoms with Gasteiger partial charge in [0, 0.05) is 30.7 Å². The number of ether oxygens (including phenoxy) is 3. The summed E-state index contributed by atoms with van der Waals surface area (Å²) in [6.07, 6.45) is 6.86. The van der Waals surface area contributed by atoms with Crippen molar-refractivity contribution in [2.24, 2.45) is 11.8 Å². The van der Waals surface area contributed by atoms with Crippen LogP contribution in [-0.2, 0) is 20.9 Å². The molecule has 0 saturated carbocycles. The first kappa shape index (κ1) is 17.5. The Labute approximate surface area is 172 Å². The van der Waals surface area contributed by atoms with Crippen molar-refractivity contribution in [2.45, 2.75) is 18.2 Å². The maximum Gasteiger partial charge on any atom is 0.234 e. The van der Waals surface area contributed by atoms with E-state index in [1.807, 2.05) is 30.4 Å². The first-order valence-corrected chi connectivity index (χ1v) is 9.89. The molecule has 1 aromatic carbocycles. The second-order valence-corrected chi connectivity index (χ2v) is 7.94. The van der Waals surface area contributed by atoms with Crippen LogP contribution in [0.1, 0.15) is 5.56 Å². The number of carbonyl (C=O) groups is 2. The summed E-state index contributed by atoms with van der Waals surface area (Å²) in [7, 11) is 0. The molecule has 8 heteroatoms. The van der Waals surface area contributed by atoms with Crippen LogP contribution < -0.4 is 19.7 Å². The van der Waals surface area contributed by atoms with Gasteiger partial charge in [0.05, 0.1) is 24.5 Å². The van der Waals surface area contributed by atoms with Crippen LogP contribution in [0.4, 0.5) is 5.69 Å². The SMILES string of the molecule is O=C(NCc1cccnc1)[C@H]1[C@H]2C(=O)N(c3ccc4c(c3)OCO4)C[C@@]23C=C[C@H]1O3. The summed E-state index contributed by atoms with van der Waals surface area (Å²) in [6, 6.07) is 9.14. The zero-order valence-electron chi connectivity index (χ0n) is 16.0. The van der Waals surface area contributed by atoms with Gasteiger partial charge in [0.25, 0.3) is 0 Å². The van der Waals surface area contributed by atoms with Crippen LogP contribution in [0.3, 0.4) is 0 Å². The van der Waals surface area contributed by atoms with E-state index >= 15 is 0 Å². The maximum atomic E-state index is 13.4. The van der Waals surface area contributed by atoms with Crippen LogP contribution in [0.25, 0.3) is 0 Å². The lowest BCUT2D eigenvalue weighted by molar-refractivity contribution is -0.132. The van der Waals surface area contributed by atoms with Crippen molar-refractivity contribution in [3.8, 4) is 11.5 Å². The fourth-order valence-electron chi connectivity index (χ4n) is 4.88. The summed E-state index contributed by atoms with van der Waals surface area (Å²) in [5.41, 5.74) is 0.844. The van der Waals surface area contributed by atoms with E-state index in [2.05, 4.69) is 10.3 Å². The minimum Gasteiger partial charge on any atom is -0.454 e. The van der Waals surface area contributed by atoms with Gasteiger partial charge in [0.2, 0.25) is 18.6 Å². The van der Waals surface area contributed by atoms with E-state index < -0.39 is 17.4 Å². The number of nitrogens with one attached hydrogen (secondary N) is 1. The van der Waals surface area contributed by atoms with E-state index in [4.69, 9.17) is 14.2 Å². The van der Waals surface area contributed by atoms with E-state index in [-0.39, 0.29) is 24.7 Å². The van der Waals surface area contributed by atoms with Crippen LogP contribution in [0.15, 0.2) is 54.9 Å². The Balaban J connectivity index is 1.25. The molecule has 2 saturated heterocycles. The Bertz CT molecular complexity index is 1070. The van der Waals surface area contributed by atoms with E-state index in [9.17, 15) is 9.59 Å². The number of hydrogen-bond donors (Lipinski definition) is 1. The third-order valence-electron chi connectivity index (χ3n) is 6.26. The summed E-state index contributed by atoms with van der Waals surface area (Å²) in [6.45, 7) is 0.904. The minimum absolute atomic E-state index is 0.109. The zero-order valence-corrected chi connectivity index (χ0v) is 16.0.